The van der Waals surface area contributed by atoms with Gasteiger partial charge in [-0.25, -0.2) is 10.9 Å². The first kappa shape index (κ1) is 12.1. The SMILES string of the molecule is [CH2][SH]1C=CC(c2ccc(Cl)cc2)=C1c1ccsc1. The van der Waals surface area contributed by atoms with Crippen LogP contribution >= 0.6 is 33.8 Å². The molecule has 2 aromatic rings. The normalized spacial score (nSPS) is 20.7. The standard InChI is InChI=1S/C15H12ClS2/c1-18-9-7-14(11-2-4-13(16)5-3-11)15(18)12-6-8-17-10-12/h2-10,18H,1H2. The van der Waals surface area contributed by atoms with Gasteiger partial charge in [-0.05, 0) is 63.4 Å². The Morgan fingerprint density at radius 1 is 1.06 bits per heavy atom. The third kappa shape index (κ3) is 2.16. The summed E-state index contributed by atoms with van der Waals surface area (Å²) >= 11 is 7.67. The molecular weight excluding hydrogens is 280 g/mol. The molecule has 0 N–H and O–H groups in total. The molecule has 1 radical (unpaired) electrons. The molecule has 91 valence electrons. The van der Waals surface area contributed by atoms with Crippen molar-refractivity contribution in [1.29, 1.82) is 0 Å². The van der Waals surface area contributed by atoms with Crippen molar-refractivity contribution in [2.24, 2.45) is 0 Å². The maximum atomic E-state index is 5.94. The number of thiophene rings is 1. The second kappa shape index (κ2) is 4.96. The first-order valence-electron chi connectivity index (χ1n) is 5.56. The van der Waals surface area contributed by atoms with Crippen molar-refractivity contribution in [1.82, 2.24) is 0 Å². The van der Waals surface area contributed by atoms with Gasteiger partial charge in [0.25, 0.3) is 0 Å². The predicted molar refractivity (Wildman–Crippen MR) is 86.1 cm³/mol. The highest BCUT2D eigenvalue weighted by molar-refractivity contribution is 8.28. The van der Waals surface area contributed by atoms with Gasteiger partial charge in [0.2, 0.25) is 0 Å². The Balaban J connectivity index is 2.12. The quantitative estimate of drug-likeness (QED) is 0.685. The lowest BCUT2D eigenvalue weighted by Gasteiger charge is -2.13. The van der Waals surface area contributed by atoms with Crippen LogP contribution in [0.1, 0.15) is 11.1 Å². The van der Waals surface area contributed by atoms with E-state index in [2.05, 4.69) is 46.7 Å². The number of allylic oxidation sites excluding steroid dienone is 2. The molecule has 0 saturated heterocycles. The lowest BCUT2D eigenvalue weighted by Crippen LogP contribution is -1.84. The molecule has 1 aromatic carbocycles. The van der Waals surface area contributed by atoms with E-state index in [0.717, 1.165) is 5.02 Å². The molecule has 0 amide bonds. The molecule has 2 heterocycles. The highest BCUT2D eigenvalue weighted by Gasteiger charge is 2.17. The molecule has 3 rings (SSSR count). The molecule has 1 aliphatic heterocycles. The van der Waals surface area contributed by atoms with Gasteiger partial charge in [0.05, 0.1) is 0 Å². The monoisotopic (exact) mass is 291 g/mol. The summed E-state index contributed by atoms with van der Waals surface area (Å²) in [5.74, 6) is 0. The van der Waals surface area contributed by atoms with Crippen LogP contribution in [0.3, 0.4) is 0 Å². The van der Waals surface area contributed by atoms with Crippen molar-refractivity contribution in [3.63, 3.8) is 0 Å². The summed E-state index contributed by atoms with van der Waals surface area (Å²) in [7, 11) is -0.427. The maximum absolute atomic E-state index is 5.94. The van der Waals surface area contributed by atoms with Crippen LogP contribution in [0.4, 0.5) is 0 Å². The largest absolute Gasteiger partial charge is 0.205 e. The van der Waals surface area contributed by atoms with Gasteiger partial charge in [0.1, 0.15) is 0 Å². The van der Waals surface area contributed by atoms with Crippen molar-refractivity contribution in [2.45, 2.75) is 0 Å². The van der Waals surface area contributed by atoms with Gasteiger partial charge < -0.3 is 0 Å². The van der Waals surface area contributed by atoms with Gasteiger partial charge in [-0.3, -0.25) is 0 Å². The Bertz CT molecular complexity index is 606. The van der Waals surface area contributed by atoms with Crippen molar-refractivity contribution in [3.05, 3.63) is 75.0 Å². The molecule has 0 aliphatic carbocycles. The number of rotatable bonds is 2. The van der Waals surface area contributed by atoms with E-state index >= 15 is 0 Å². The van der Waals surface area contributed by atoms with E-state index in [4.69, 9.17) is 11.6 Å². The first-order valence-corrected chi connectivity index (χ1v) is 8.48. The molecule has 1 atom stereocenters. The topological polar surface area (TPSA) is 0 Å². The molecule has 0 saturated carbocycles. The number of hydrogen-bond donors (Lipinski definition) is 1. The van der Waals surface area contributed by atoms with Crippen LogP contribution in [0.2, 0.25) is 5.02 Å². The molecular formula is C15H12ClS2. The number of thiol groups is 1. The lowest BCUT2D eigenvalue weighted by atomic mass is 10.0. The Kier molecular flexibility index (Phi) is 3.33. The molecule has 18 heavy (non-hydrogen) atoms. The van der Waals surface area contributed by atoms with Gasteiger partial charge >= 0.3 is 0 Å². The average molecular weight is 292 g/mol. The summed E-state index contributed by atoms with van der Waals surface area (Å²) in [6, 6.07) is 10.2. The fourth-order valence-corrected chi connectivity index (χ4v) is 4.38. The van der Waals surface area contributed by atoms with Crippen LogP contribution in [-0.4, -0.2) is 0 Å². The van der Waals surface area contributed by atoms with Gasteiger partial charge in [0, 0.05) is 9.93 Å². The third-order valence-corrected chi connectivity index (χ3v) is 5.43. The second-order valence-corrected chi connectivity index (χ2v) is 6.97. The summed E-state index contributed by atoms with van der Waals surface area (Å²) in [5.41, 5.74) is 3.80. The summed E-state index contributed by atoms with van der Waals surface area (Å²) < 4.78 is 0. The van der Waals surface area contributed by atoms with Crippen LogP contribution in [0.15, 0.2) is 52.6 Å². The number of hydrogen-bond acceptors (Lipinski definition) is 1. The Labute approximate surface area is 119 Å². The minimum atomic E-state index is -0.427. The van der Waals surface area contributed by atoms with Crippen molar-refractivity contribution < 1.29 is 0 Å². The molecule has 0 fully saturated rings. The summed E-state index contributed by atoms with van der Waals surface area (Å²) in [4.78, 5) is 1.37. The molecule has 1 unspecified atom stereocenters. The molecule has 3 heteroatoms. The second-order valence-electron chi connectivity index (χ2n) is 4.07. The smallest absolute Gasteiger partial charge is 0.0406 e. The zero-order chi connectivity index (χ0) is 12.5. The third-order valence-electron chi connectivity index (χ3n) is 2.91. The summed E-state index contributed by atoms with van der Waals surface area (Å²) in [6.45, 7) is 0. The van der Waals surface area contributed by atoms with Crippen LogP contribution < -0.4 is 0 Å². The Morgan fingerprint density at radius 3 is 2.50 bits per heavy atom. The minimum Gasteiger partial charge on any atom is -0.205 e. The van der Waals surface area contributed by atoms with Gasteiger partial charge in [0.15, 0.2) is 0 Å². The van der Waals surface area contributed by atoms with E-state index in [1.54, 1.807) is 11.3 Å². The molecule has 0 bridgehead atoms. The number of halogens is 1. The van der Waals surface area contributed by atoms with Crippen LogP contribution in [-0.2, 0) is 0 Å². The lowest BCUT2D eigenvalue weighted by molar-refractivity contribution is 1.63. The predicted octanol–water partition coefficient (Wildman–Crippen LogP) is 5.59. The van der Waals surface area contributed by atoms with Crippen LogP contribution in [0.5, 0.6) is 0 Å². The van der Waals surface area contributed by atoms with Crippen LogP contribution in [0.25, 0.3) is 10.5 Å². The fraction of sp³-hybridized carbons (Fsp3) is 0. The maximum Gasteiger partial charge on any atom is 0.0406 e. The van der Waals surface area contributed by atoms with Crippen molar-refractivity contribution >= 4 is 44.3 Å². The first-order chi connectivity index (χ1) is 8.75. The zero-order valence-corrected chi connectivity index (χ0v) is 12.1. The van der Waals surface area contributed by atoms with E-state index in [0.29, 0.717) is 0 Å². The summed E-state index contributed by atoms with van der Waals surface area (Å²) in [6.07, 6.45) is 6.46. The van der Waals surface area contributed by atoms with E-state index in [1.807, 2.05) is 12.1 Å². The molecule has 0 spiro atoms. The Hall–Kier alpha value is -0.960. The van der Waals surface area contributed by atoms with Gasteiger partial charge in [-0.2, -0.15) is 11.3 Å². The van der Waals surface area contributed by atoms with Crippen LogP contribution in [0, 0.1) is 6.26 Å². The number of benzene rings is 1. The zero-order valence-electron chi connectivity index (χ0n) is 9.64. The Morgan fingerprint density at radius 2 is 1.83 bits per heavy atom. The van der Waals surface area contributed by atoms with E-state index in [-0.39, 0.29) is 0 Å². The van der Waals surface area contributed by atoms with E-state index in [1.165, 1.54) is 21.6 Å². The summed E-state index contributed by atoms with van der Waals surface area (Å²) in [5, 5.41) is 7.30. The van der Waals surface area contributed by atoms with Crippen molar-refractivity contribution in [3.8, 4) is 0 Å². The average Bonchev–Trinajstić information content (AvgIpc) is 2.99. The molecule has 1 aliphatic rings. The fourth-order valence-electron chi connectivity index (χ4n) is 2.06. The molecule has 0 nitrogen and oxygen atoms in total. The molecule has 1 aromatic heterocycles. The highest BCUT2D eigenvalue weighted by atomic mass is 35.5. The highest BCUT2D eigenvalue weighted by Crippen LogP contribution is 2.52. The van der Waals surface area contributed by atoms with Gasteiger partial charge in [-0.1, -0.05) is 23.7 Å². The van der Waals surface area contributed by atoms with Crippen molar-refractivity contribution in [2.75, 3.05) is 0 Å². The van der Waals surface area contributed by atoms with Gasteiger partial charge in [-0.15, -0.1) is 0 Å². The van der Waals surface area contributed by atoms with E-state index < -0.39 is 10.9 Å². The van der Waals surface area contributed by atoms with E-state index in [9.17, 15) is 0 Å². The minimum absolute atomic E-state index is 0.427.